The molecule has 7 heteroatoms. The molecule has 0 aliphatic carbocycles. The van der Waals surface area contributed by atoms with Crippen LogP contribution in [0.25, 0.3) is 0 Å². The predicted octanol–water partition coefficient (Wildman–Crippen LogP) is -2.49. The van der Waals surface area contributed by atoms with E-state index in [-0.39, 0.29) is 13.2 Å². The van der Waals surface area contributed by atoms with Gasteiger partial charge in [-0.05, 0) is 28.7 Å². The molecular formula is C15H16ClO6-. The van der Waals surface area contributed by atoms with E-state index in [0.29, 0.717) is 0 Å². The van der Waals surface area contributed by atoms with Crippen molar-refractivity contribution in [2.24, 2.45) is 0 Å². The van der Waals surface area contributed by atoms with Crippen molar-refractivity contribution in [3.05, 3.63) is 70.8 Å². The third-order valence-corrected chi connectivity index (χ3v) is 2.82. The monoisotopic (exact) mass is 327 g/mol. The minimum absolute atomic E-state index is 0.0888. The first-order valence-electron chi connectivity index (χ1n) is 6.31. The molecule has 120 valence electrons. The number of rotatable bonds is 4. The van der Waals surface area contributed by atoms with Crippen LogP contribution in [0.1, 0.15) is 22.3 Å². The lowest BCUT2D eigenvalue weighted by Gasteiger charge is -2.17. The number of aliphatic hydroxyl groups is 2. The standard InChI is InChI=1S/C15H16O2.ClHO4/c16-10-14-5-1-12(2-6-14)9-13-3-7-15(11-17)8-4-13;2-1(3,4)5/h1-8,16-17H,9-11H2;(H,2,3,4,5)/p-1. The highest BCUT2D eigenvalue weighted by atomic mass is 35.7. The second-order valence-electron chi connectivity index (χ2n) is 4.50. The Morgan fingerprint density at radius 1 is 0.591 bits per heavy atom. The zero-order valence-corrected chi connectivity index (χ0v) is 12.4. The van der Waals surface area contributed by atoms with Crippen molar-refractivity contribution in [3.8, 4) is 0 Å². The summed E-state index contributed by atoms with van der Waals surface area (Å²) >= 11 is 0. The first-order valence-corrected chi connectivity index (χ1v) is 7.54. The van der Waals surface area contributed by atoms with Crippen LogP contribution in [-0.4, -0.2) is 10.2 Å². The third kappa shape index (κ3) is 8.06. The third-order valence-electron chi connectivity index (χ3n) is 2.82. The molecule has 2 rings (SSSR count). The molecule has 0 saturated carbocycles. The van der Waals surface area contributed by atoms with Crippen molar-refractivity contribution < 1.29 is 39.1 Å². The average molecular weight is 328 g/mol. The molecule has 6 nitrogen and oxygen atoms in total. The summed E-state index contributed by atoms with van der Waals surface area (Å²) in [5.41, 5.74) is 4.31. The highest BCUT2D eigenvalue weighted by Crippen LogP contribution is 2.12. The Morgan fingerprint density at radius 2 is 0.818 bits per heavy atom. The van der Waals surface area contributed by atoms with E-state index in [1.54, 1.807) is 0 Å². The van der Waals surface area contributed by atoms with Gasteiger partial charge >= 0.3 is 0 Å². The van der Waals surface area contributed by atoms with E-state index in [2.05, 4.69) is 0 Å². The zero-order valence-electron chi connectivity index (χ0n) is 11.6. The first-order chi connectivity index (χ1) is 10.3. The molecule has 2 N–H and O–H groups in total. The summed E-state index contributed by atoms with van der Waals surface area (Å²) in [5, 5.41) is 17.9. The van der Waals surface area contributed by atoms with Gasteiger partial charge in [-0.15, -0.1) is 10.2 Å². The van der Waals surface area contributed by atoms with E-state index < -0.39 is 10.2 Å². The van der Waals surface area contributed by atoms with Crippen molar-refractivity contribution in [2.45, 2.75) is 19.6 Å². The Bertz CT molecular complexity index is 496. The largest absolute Gasteiger partial charge is 0.392 e. The van der Waals surface area contributed by atoms with Gasteiger partial charge in [0.2, 0.25) is 0 Å². The maximum atomic E-state index is 8.95. The first kappa shape index (κ1) is 18.5. The normalized spacial score (nSPS) is 10.8. The maximum Gasteiger partial charge on any atom is 0.0681 e. The molecule has 0 spiro atoms. The van der Waals surface area contributed by atoms with Crippen molar-refractivity contribution >= 4 is 0 Å². The van der Waals surface area contributed by atoms with Crippen molar-refractivity contribution in [1.29, 1.82) is 0 Å². The summed E-state index contributed by atoms with van der Waals surface area (Å²) in [7, 11) is -4.94. The predicted molar refractivity (Wildman–Crippen MR) is 67.5 cm³/mol. The van der Waals surface area contributed by atoms with E-state index in [1.807, 2.05) is 48.5 Å². The molecule has 0 amide bonds. The Hall–Kier alpha value is -1.51. The number of hydrogen-bond acceptors (Lipinski definition) is 6. The van der Waals surface area contributed by atoms with Crippen LogP contribution in [0, 0.1) is 10.2 Å². The fourth-order valence-corrected chi connectivity index (χ4v) is 1.76. The van der Waals surface area contributed by atoms with Crippen LogP contribution < -0.4 is 18.6 Å². The fraction of sp³-hybridized carbons (Fsp3) is 0.200. The Kier molecular flexibility index (Phi) is 7.43. The highest BCUT2D eigenvalue weighted by Gasteiger charge is 1.97. The van der Waals surface area contributed by atoms with Gasteiger partial charge in [0.1, 0.15) is 0 Å². The molecule has 2 aromatic rings. The molecule has 0 fully saturated rings. The number of aliphatic hydroxyl groups excluding tert-OH is 2. The molecule has 0 bridgehead atoms. The second kappa shape index (κ2) is 8.82. The van der Waals surface area contributed by atoms with Crippen molar-refractivity contribution in [3.63, 3.8) is 0 Å². The summed E-state index contributed by atoms with van der Waals surface area (Å²) in [5.74, 6) is 0. The zero-order chi connectivity index (χ0) is 16.6. The molecule has 0 aromatic heterocycles. The smallest absolute Gasteiger partial charge is 0.0681 e. The van der Waals surface area contributed by atoms with Gasteiger partial charge in [-0.3, -0.25) is 0 Å². The van der Waals surface area contributed by atoms with E-state index in [1.165, 1.54) is 11.1 Å². The SMILES string of the molecule is OCc1ccc(Cc2ccc(CO)cc2)cc1.[O-][Cl+3]([O-])([O-])[O-]. The topological polar surface area (TPSA) is 133 Å². The number of hydrogen-bond donors (Lipinski definition) is 2. The van der Waals surface area contributed by atoms with Crippen LogP contribution in [-0.2, 0) is 19.6 Å². The quantitative estimate of drug-likeness (QED) is 0.638. The molecule has 22 heavy (non-hydrogen) atoms. The molecule has 0 aliphatic rings. The van der Waals surface area contributed by atoms with Crippen LogP contribution in [0.15, 0.2) is 48.5 Å². The maximum absolute atomic E-state index is 8.95. The Labute approximate surface area is 130 Å². The highest BCUT2D eigenvalue weighted by molar-refractivity contribution is 5.30. The van der Waals surface area contributed by atoms with Crippen LogP contribution in [0.3, 0.4) is 0 Å². The minimum Gasteiger partial charge on any atom is -0.392 e. The van der Waals surface area contributed by atoms with Gasteiger partial charge in [-0.2, -0.15) is 0 Å². The lowest BCUT2D eigenvalue weighted by molar-refractivity contribution is -2.00. The van der Waals surface area contributed by atoms with Crippen LogP contribution >= 0.6 is 0 Å². The van der Waals surface area contributed by atoms with E-state index in [9.17, 15) is 0 Å². The summed E-state index contributed by atoms with van der Waals surface area (Å²) in [6.45, 7) is 0.178. The molecule has 2 aromatic carbocycles. The summed E-state index contributed by atoms with van der Waals surface area (Å²) < 4.78 is 34.0. The number of benzene rings is 2. The Morgan fingerprint density at radius 3 is 1.05 bits per heavy atom. The molecule has 0 atom stereocenters. The Balaban J connectivity index is 0.000000422. The van der Waals surface area contributed by atoms with Gasteiger partial charge in [0.15, 0.2) is 0 Å². The van der Waals surface area contributed by atoms with E-state index in [4.69, 9.17) is 28.8 Å². The summed E-state index contributed by atoms with van der Waals surface area (Å²) in [4.78, 5) is 0. The molecule has 0 saturated heterocycles. The number of halogens is 1. The van der Waals surface area contributed by atoms with Gasteiger partial charge in [-0.25, -0.2) is 18.6 Å². The lowest BCUT2D eigenvalue weighted by Crippen LogP contribution is -2.68. The molecule has 0 aliphatic heterocycles. The van der Waals surface area contributed by atoms with E-state index in [0.717, 1.165) is 17.5 Å². The second-order valence-corrected chi connectivity index (χ2v) is 5.26. The van der Waals surface area contributed by atoms with Gasteiger partial charge in [0, 0.05) is 0 Å². The van der Waals surface area contributed by atoms with Crippen molar-refractivity contribution in [2.75, 3.05) is 0 Å². The molecule has 0 unspecified atom stereocenters. The van der Waals surface area contributed by atoms with Crippen LogP contribution in [0.2, 0.25) is 0 Å². The summed E-state index contributed by atoms with van der Waals surface area (Å²) in [6, 6.07) is 15.9. The van der Waals surface area contributed by atoms with Gasteiger partial charge in [-0.1, -0.05) is 48.5 Å². The fourth-order valence-electron chi connectivity index (χ4n) is 1.76. The van der Waals surface area contributed by atoms with Gasteiger partial charge in [0.25, 0.3) is 0 Å². The van der Waals surface area contributed by atoms with Crippen molar-refractivity contribution in [1.82, 2.24) is 0 Å². The lowest BCUT2D eigenvalue weighted by atomic mass is 10.0. The average Bonchev–Trinajstić information content (AvgIpc) is 2.47. The van der Waals surface area contributed by atoms with Gasteiger partial charge < -0.3 is 10.2 Å². The summed E-state index contributed by atoms with van der Waals surface area (Å²) in [6.07, 6.45) is 0.872. The minimum atomic E-state index is -4.94. The molecule has 0 heterocycles. The van der Waals surface area contributed by atoms with Crippen LogP contribution in [0.5, 0.6) is 0 Å². The van der Waals surface area contributed by atoms with Crippen LogP contribution in [0.4, 0.5) is 0 Å². The molecule has 0 radical (unpaired) electrons. The van der Waals surface area contributed by atoms with E-state index >= 15 is 0 Å². The van der Waals surface area contributed by atoms with Gasteiger partial charge in [0.05, 0.1) is 13.2 Å². The molecular weight excluding hydrogens is 312 g/mol.